The van der Waals surface area contributed by atoms with E-state index in [0.29, 0.717) is 39.1 Å². The van der Waals surface area contributed by atoms with Crippen LogP contribution in [-0.4, -0.2) is 34.8 Å². The molecule has 1 unspecified atom stereocenters. The minimum absolute atomic E-state index is 0.292. The summed E-state index contributed by atoms with van der Waals surface area (Å²) in [6, 6.07) is 22.5. The van der Waals surface area contributed by atoms with Crippen molar-refractivity contribution in [3.63, 3.8) is 0 Å². The number of hydrogen-bond donors (Lipinski definition) is 1. The second-order valence-corrected chi connectivity index (χ2v) is 9.97. The normalized spacial score (nSPS) is 11.7. The van der Waals surface area contributed by atoms with Gasteiger partial charge in [0.1, 0.15) is 12.1 Å². The fraction of sp³-hybridized carbons (Fsp3) is 0.250. The van der Waals surface area contributed by atoms with Gasteiger partial charge in [0, 0.05) is 33.3 Å². The molecule has 0 spiro atoms. The number of nitrogens with one attached hydrogen (secondary N) is 1. The van der Waals surface area contributed by atoms with Crippen LogP contribution < -0.4 is 5.32 Å². The standard InChI is InChI=1S/C28H28Cl2N4O2/c1-5-34(27(36)19-10-12-20(29)13-11-19)25(26(35)33-28(2,3)4)23-8-6-7-9-24(23)32-18-31-22-16-14-21(30)15-17-22/h6-17,25H,5H2,1-4H3,(H,33,35). The number of carbonyl (C=O) groups is 2. The second kappa shape index (κ2) is 12.0. The summed E-state index contributed by atoms with van der Waals surface area (Å²) < 4.78 is 0. The van der Waals surface area contributed by atoms with Gasteiger partial charge in [-0.15, -0.1) is 0 Å². The molecule has 0 heterocycles. The van der Waals surface area contributed by atoms with E-state index in [-0.39, 0.29) is 11.8 Å². The maximum absolute atomic E-state index is 13.6. The van der Waals surface area contributed by atoms with Crippen molar-refractivity contribution in [2.24, 2.45) is 9.98 Å². The average Bonchev–Trinajstić information content (AvgIpc) is 2.83. The Bertz CT molecular complexity index is 1280. The predicted octanol–water partition coefficient (Wildman–Crippen LogP) is 7.25. The SMILES string of the molecule is CCN(C(=O)c1ccc(Cl)cc1)C(C(=O)NC(C)(C)C)c1ccccc1N=C=Nc1ccc(Cl)cc1. The third-order valence-electron chi connectivity index (χ3n) is 5.16. The van der Waals surface area contributed by atoms with E-state index in [9.17, 15) is 9.59 Å². The predicted molar refractivity (Wildman–Crippen MR) is 146 cm³/mol. The Morgan fingerprint density at radius 1 is 0.917 bits per heavy atom. The zero-order valence-corrected chi connectivity index (χ0v) is 22.1. The number of nitrogens with zero attached hydrogens (tertiary/aromatic N) is 3. The summed E-state index contributed by atoms with van der Waals surface area (Å²) >= 11 is 11.9. The van der Waals surface area contributed by atoms with Crippen molar-refractivity contribution in [3.8, 4) is 0 Å². The summed E-state index contributed by atoms with van der Waals surface area (Å²) in [5.74, 6) is -0.610. The summed E-state index contributed by atoms with van der Waals surface area (Å²) in [7, 11) is 0. The largest absolute Gasteiger partial charge is 0.349 e. The Kier molecular flexibility index (Phi) is 9.05. The van der Waals surface area contributed by atoms with E-state index in [1.54, 1.807) is 60.7 Å². The Labute approximate surface area is 221 Å². The maximum atomic E-state index is 13.6. The van der Waals surface area contributed by atoms with Gasteiger partial charge >= 0.3 is 0 Å². The molecule has 0 radical (unpaired) electrons. The number of hydrogen-bond acceptors (Lipinski definition) is 4. The molecule has 6 nitrogen and oxygen atoms in total. The minimum Gasteiger partial charge on any atom is -0.349 e. The monoisotopic (exact) mass is 522 g/mol. The van der Waals surface area contributed by atoms with E-state index in [1.807, 2.05) is 39.8 Å². The highest BCUT2D eigenvalue weighted by Crippen LogP contribution is 2.32. The van der Waals surface area contributed by atoms with E-state index in [0.717, 1.165) is 0 Å². The highest BCUT2D eigenvalue weighted by molar-refractivity contribution is 6.31. The molecule has 186 valence electrons. The molecular formula is C28H28Cl2N4O2. The first-order chi connectivity index (χ1) is 17.1. The summed E-state index contributed by atoms with van der Waals surface area (Å²) in [5.41, 5.74) is 1.59. The van der Waals surface area contributed by atoms with Gasteiger partial charge in [0.2, 0.25) is 5.91 Å². The summed E-state index contributed by atoms with van der Waals surface area (Å²) in [5, 5.41) is 4.14. The summed E-state index contributed by atoms with van der Waals surface area (Å²) in [4.78, 5) is 37.3. The van der Waals surface area contributed by atoms with Gasteiger partial charge in [0.15, 0.2) is 0 Å². The Balaban J connectivity index is 2.07. The van der Waals surface area contributed by atoms with Gasteiger partial charge in [-0.05, 0) is 82.3 Å². The number of likely N-dealkylation sites (N-methyl/N-ethyl adjacent to an activating group) is 1. The first kappa shape index (κ1) is 27.2. The van der Waals surface area contributed by atoms with Gasteiger partial charge in [-0.1, -0.05) is 41.4 Å². The van der Waals surface area contributed by atoms with Crippen LogP contribution in [-0.2, 0) is 4.79 Å². The molecule has 0 aliphatic heterocycles. The quantitative estimate of drug-likeness (QED) is 0.331. The molecule has 2 amide bonds. The van der Waals surface area contributed by atoms with E-state index < -0.39 is 11.6 Å². The number of rotatable bonds is 7. The molecule has 0 aliphatic carbocycles. The molecule has 0 aromatic heterocycles. The van der Waals surface area contributed by atoms with Crippen LogP contribution >= 0.6 is 23.2 Å². The molecule has 3 aromatic carbocycles. The lowest BCUT2D eigenvalue weighted by atomic mass is 9.99. The lowest BCUT2D eigenvalue weighted by Crippen LogP contribution is -2.49. The van der Waals surface area contributed by atoms with Crippen molar-refractivity contribution in [1.29, 1.82) is 0 Å². The van der Waals surface area contributed by atoms with Crippen LogP contribution in [0.3, 0.4) is 0 Å². The molecule has 3 aromatic rings. The molecule has 36 heavy (non-hydrogen) atoms. The van der Waals surface area contributed by atoms with Crippen LogP contribution in [0.4, 0.5) is 11.4 Å². The molecule has 0 fully saturated rings. The fourth-order valence-electron chi connectivity index (χ4n) is 3.56. The summed E-state index contributed by atoms with van der Waals surface area (Å²) in [6.45, 7) is 7.80. The van der Waals surface area contributed by atoms with Crippen LogP contribution in [0.2, 0.25) is 10.0 Å². The Hall–Kier alpha value is -3.44. The molecule has 0 aliphatic rings. The number of para-hydroxylation sites is 1. The van der Waals surface area contributed by atoms with Gasteiger partial charge in [-0.3, -0.25) is 9.59 Å². The Morgan fingerprint density at radius 2 is 1.50 bits per heavy atom. The molecule has 8 heteroatoms. The molecular weight excluding hydrogens is 495 g/mol. The van der Waals surface area contributed by atoms with Gasteiger partial charge < -0.3 is 10.2 Å². The minimum atomic E-state index is -0.935. The topological polar surface area (TPSA) is 74.1 Å². The average molecular weight is 523 g/mol. The zero-order valence-electron chi connectivity index (χ0n) is 20.6. The second-order valence-electron chi connectivity index (χ2n) is 9.10. The Morgan fingerprint density at radius 3 is 2.08 bits per heavy atom. The molecule has 1 N–H and O–H groups in total. The van der Waals surface area contributed by atoms with E-state index in [4.69, 9.17) is 23.2 Å². The fourth-order valence-corrected chi connectivity index (χ4v) is 3.82. The van der Waals surface area contributed by atoms with E-state index in [1.165, 1.54) is 4.90 Å². The zero-order chi connectivity index (χ0) is 26.3. The smallest absolute Gasteiger partial charge is 0.254 e. The third kappa shape index (κ3) is 7.28. The van der Waals surface area contributed by atoms with Crippen LogP contribution in [0.5, 0.6) is 0 Å². The van der Waals surface area contributed by atoms with E-state index in [2.05, 4.69) is 21.3 Å². The van der Waals surface area contributed by atoms with Crippen molar-refractivity contribution in [1.82, 2.24) is 10.2 Å². The lowest BCUT2D eigenvalue weighted by molar-refractivity contribution is -0.127. The number of amides is 2. The van der Waals surface area contributed by atoms with Gasteiger partial charge in [-0.25, -0.2) is 0 Å². The molecule has 0 bridgehead atoms. The summed E-state index contributed by atoms with van der Waals surface area (Å²) in [6.07, 6.45) is 0. The van der Waals surface area contributed by atoms with Crippen molar-refractivity contribution < 1.29 is 9.59 Å². The van der Waals surface area contributed by atoms with Gasteiger partial charge in [0.05, 0.1) is 11.4 Å². The van der Waals surface area contributed by atoms with Crippen LogP contribution in [0, 0.1) is 0 Å². The van der Waals surface area contributed by atoms with Crippen molar-refractivity contribution in [2.45, 2.75) is 39.3 Å². The number of aliphatic imine (C=N–C) groups is 2. The number of halogens is 2. The van der Waals surface area contributed by atoms with Crippen LogP contribution in [0.25, 0.3) is 0 Å². The highest BCUT2D eigenvalue weighted by atomic mass is 35.5. The molecule has 3 rings (SSSR count). The van der Waals surface area contributed by atoms with E-state index >= 15 is 0 Å². The number of benzene rings is 3. The van der Waals surface area contributed by atoms with Crippen molar-refractivity contribution in [3.05, 3.63) is 94.0 Å². The number of carbonyl (C=O) groups excluding carboxylic acids is 2. The maximum Gasteiger partial charge on any atom is 0.254 e. The highest BCUT2D eigenvalue weighted by Gasteiger charge is 2.34. The first-order valence-corrected chi connectivity index (χ1v) is 12.2. The molecule has 1 atom stereocenters. The van der Waals surface area contributed by atoms with Gasteiger partial charge in [0.25, 0.3) is 5.91 Å². The molecule has 0 saturated heterocycles. The molecule has 0 saturated carbocycles. The van der Waals surface area contributed by atoms with Gasteiger partial charge in [-0.2, -0.15) is 9.98 Å². The third-order valence-corrected chi connectivity index (χ3v) is 5.66. The van der Waals surface area contributed by atoms with Crippen molar-refractivity contribution in [2.75, 3.05) is 6.54 Å². The van der Waals surface area contributed by atoms with Crippen LogP contribution in [0.15, 0.2) is 82.8 Å². The first-order valence-electron chi connectivity index (χ1n) is 11.5. The van der Waals surface area contributed by atoms with Crippen molar-refractivity contribution >= 4 is 52.4 Å². The van der Waals surface area contributed by atoms with Crippen LogP contribution in [0.1, 0.15) is 49.7 Å². The lowest BCUT2D eigenvalue weighted by Gasteiger charge is -2.33.